The first-order chi connectivity index (χ1) is 23.5. The molecule has 1 aliphatic rings. The molecule has 1 saturated carbocycles. The third kappa shape index (κ3) is 10.8. The van der Waals surface area contributed by atoms with Gasteiger partial charge in [-0.25, -0.2) is 0 Å². The summed E-state index contributed by atoms with van der Waals surface area (Å²) < 4.78 is 0. The van der Waals surface area contributed by atoms with E-state index in [0.717, 1.165) is 15.4 Å². The molecule has 1 aliphatic carbocycles. The van der Waals surface area contributed by atoms with Gasteiger partial charge in [0.05, 0.1) is 8.07 Å². The van der Waals surface area contributed by atoms with E-state index < -0.39 is 28.9 Å². The maximum atomic E-state index is 4.93. The van der Waals surface area contributed by atoms with E-state index in [9.17, 15) is 0 Å². The minimum absolute atomic E-state index is 0.590. The van der Waals surface area contributed by atoms with Crippen LogP contribution in [-0.4, -0.2) is 17.6 Å². The van der Waals surface area contributed by atoms with Crippen LogP contribution in [0.4, 0.5) is 0 Å². The van der Waals surface area contributed by atoms with Crippen LogP contribution in [0.1, 0.15) is 68.1 Å². The van der Waals surface area contributed by atoms with Gasteiger partial charge in [-0.15, -0.1) is 69.1 Å². The molecular formula is C44H52Cl2Si2Zr. The van der Waals surface area contributed by atoms with E-state index in [2.05, 4.69) is 163 Å². The Labute approximate surface area is 318 Å². The van der Waals surface area contributed by atoms with E-state index >= 15 is 0 Å². The fourth-order valence-corrected chi connectivity index (χ4v) is 8.00. The van der Waals surface area contributed by atoms with Crippen molar-refractivity contribution >= 4 is 61.4 Å². The van der Waals surface area contributed by atoms with Gasteiger partial charge in [-0.2, -0.15) is 12.1 Å². The monoisotopic (exact) mass is 796 g/mol. The van der Waals surface area contributed by atoms with Gasteiger partial charge in [0, 0.05) is 9.52 Å². The second-order valence-electron chi connectivity index (χ2n) is 14.6. The molecule has 0 bridgehead atoms. The van der Waals surface area contributed by atoms with Crippen LogP contribution in [-0.2, 0) is 20.8 Å². The summed E-state index contributed by atoms with van der Waals surface area (Å²) in [6.45, 7) is 18.1. The van der Waals surface area contributed by atoms with Gasteiger partial charge in [0.2, 0.25) is 0 Å². The van der Waals surface area contributed by atoms with Gasteiger partial charge in [-0.3, -0.25) is 0 Å². The molecular weight excluding hydrogens is 747 g/mol. The van der Waals surface area contributed by atoms with Crippen molar-refractivity contribution in [2.24, 2.45) is 0 Å². The Balaban J connectivity index is 0.000000192. The first-order valence-electron chi connectivity index (χ1n) is 17.6. The molecule has 6 aromatic carbocycles. The van der Waals surface area contributed by atoms with Crippen LogP contribution < -0.4 is 5.19 Å². The van der Waals surface area contributed by atoms with Gasteiger partial charge in [0.1, 0.15) is 0 Å². The average Bonchev–Trinajstić information content (AvgIpc) is 3.85. The number of fused-ring (bicyclic) bond motifs is 2. The van der Waals surface area contributed by atoms with E-state index in [4.69, 9.17) is 17.0 Å². The van der Waals surface area contributed by atoms with E-state index in [0.29, 0.717) is 5.92 Å². The number of halogens is 2. The zero-order chi connectivity index (χ0) is 35.6. The fraction of sp³-hybridized carbons (Fsp3) is 0.318. The van der Waals surface area contributed by atoms with Crippen molar-refractivity contribution in [2.75, 3.05) is 0 Å². The van der Waals surface area contributed by atoms with Crippen LogP contribution in [0.3, 0.4) is 0 Å². The number of aryl methyl sites for hydroxylation is 1. The Morgan fingerprint density at radius 1 is 0.714 bits per heavy atom. The van der Waals surface area contributed by atoms with Crippen LogP contribution in [0.15, 0.2) is 109 Å². The van der Waals surface area contributed by atoms with Gasteiger partial charge < -0.3 is 0 Å². The summed E-state index contributed by atoms with van der Waals surface area (Å²) in [5.41, 5.74) is 9.69. The molecule has 254 valence electrons. The molecule has 49 heavy (non-hydrogen) atoms. The first kappa shape index (κ1) is 39.8. The van der Waals surface area contributed by atoms with Crippen molar-refractivity contribution in [3.8, 4) is 22.3 Å². The first-order valence-corrected chi connectivity index (χ1v) is 29.4. The molecule has 0 heterocycles. The Morgan fingerprint density at radius 3 is 1.67 bits per heavy atom. The third-order valence-corrected chi connectivity index (χ3v) is 11.5. The van der Waals surface area contributed by atoms with E-state index in [1.54, 1.807) is 5.56 Å². The number of benzene rings is 4. The van der Waals surface area contributed by atoms with Gasteiger partial charge >= 0.3 is 37.9 Å². The Bertz CT molecular complexity index is 1870. The van der Waals surface area contributed by atoms with Gasteiger partial charge in [0.15, 0.2) is 0 Å². The average molecular weight is 799 g/mol. The summed E-state index contributed by atoms with van der Waals surface area (Å²) in [6.07, 6.45) is 5.54. The summed E-state index contributed by atoms with van der Waals surface area (Å²) in [4.78, 5) is 0. The molecule has 7 rings (SSSR count). The summed E-state index contributed by atoms with van der Waals surface area (Å²) in [6, 6.07) is 41.1. The second-order valence-corrected chi connectivity index (χ2v) is 24.4. The molecule has 0 N–H and O–H groups in total. The molecule has 6 aromatic rings. The molecule has 0 atom stereocenters. The predicted molar refractivity (Wildman–Crippen MR) is 222 cm³/mol. The van der Waals surface area contributed by atoms with Crippen LogP contribution >= 0.6 is 17.0 Å². The zero-order valence-corrected chi connectivity index (χ0v) is 36.6. The molecule has 1 fully saturated rings. The standard InChI is InChI=1S/C23H25.C19H21Si.C2H6Si.2ClH.Zr/c1-16(2)17-10-12-19(13-11-17)22-9-5-8-20-14-21(15-23(20)22)18-6-3-4-7-18;1-14-12-16-6-5-7-18(19(16)13-14)15-8-10-17(11-9-15)20(2,3)4;1-3-2;;;/h5,8-16,18H,3-4,6-7H2,1-2H3;5-13H,1-4H3;1-2H3;2*1H;/q2*-1;;;;+4/p-2. The van der Waals surface area contributed by atoms with Crippen LogP contribution in [0, 0.1) is 6.92 Å². The normalized spacial score (nSPS) is 12.9. The number of hydrogen-bond donors (Lipinski definition) is 0. The molecule has 2 radical (unpaired) electrons. The summed E-state index contributed by atoms with van der Waals surface area (Å²) >= 11 is -0.826. The molecule has 5 heteroatoms. The SMILES string of the molecule is CC(C)c1ccc(-c2cccc3[cH-]c(C4CCCC4)cc23)cc1.C[Si]C.Cc1cc2c(-c3ccc([Si](C)(C)C)cc3)cccc2[cH-]1.[Cl][Zr+2][Cl]. The molecule has 0 unspecified atom stereocenters. The molecule has 0 aromatic heterocycles. The summed E-state index contributed by atoms with van der Waals surface area (Å²) in [5, 5.41) is 7.05. The maximum absolute atomic E-state index is 4.93. The van der Waals surface area contributed by atoms with Crippen LogP contribution in [0.5, 0.6) is 0 Å². The van der Waals surface area contributed by atoms with Gasteiger partial charge in [0.25, 0.3) is 0 Å². The van der Waals surface area contributed by atoms with Crippen molar-refractivity contribution in [1.29, 1.82) is 0 Å². The van der Waals surface area contributed by atoms with Crippen molar-refractivity contribution in [2.45, 2.75) is 91.0 Å². The van der Waals surface area contributed by atoms with E-state index in [-0.39, 0.29) is 0 Å². The fourth-order valence-electron chi connectivity index (χ4n) is 6.84. The number of hydrogen-bond acceptors (Lipinski definition) is 0. The Kier molecular flexibility index (Phi) is 15.4. The predicted octanol–water partition coefficient (Wildman–Crippen LogP) is 14.2. The molecule has 0 amide bonds. The second kappa shape index (κ2) is 19.0. The van der Waals surface area contributed by atoms with Crippen LogP contribution in [0.25, 0.3) is 43.8 Å². The topological polar surface area (TPSA) is 0 Å². The van der Waals surface area contributed by atoms with Gasteiger partial charge in [-0.05, 0) is 41.4 Å². The van der Waals surface area contributed by atoms with Crippen LogP contribution in [0.2, 0.25) is 32.7 Å². The van der Waals surface area contributed by atoms with E-state index in [1.807, 2.05) is 0 Å². The molecule has 0 spiro atoms. The van der Waals surface area contributed by atoms with Crippen molar-refractivity contribution < 1.29 is 20.8 Å². The third-order valence-electron chi connectivity index (χ3n) is 9.44. The Morgan fingerprint density at radius 2 is 1.18 bits per heavy atom. The van der Waals surface area contributed by atoms with Crippen molar-refractivity contribution in [3.05, 3.63) is 126 Å². The zero-order valence-electron chi connectivity index (χ0n) is 30.6. The summed E-state index contributed by atoms with van der Waals surface area (Å²) in [7, 11) is 9.74. The minimum atomic E-state index is -1.21. The van der Waals surface area contributed by atoms with Crippen molar-refractivity contribution in [1.82, 2.24) is 0 Å². The quantitative estimate of drug-likeness (QED) is 0.120. The molecule has 0 nitrogen and oxygen atoms in total. The van der Waals surface area contributed by atoms with Gasteiger partial charge in [-0.1, -0.05) is 143 Å². The van der Waals surface area contributed by atoms with E-state index in [1.165, 1.54) is 85.8 Å². The summed E-state index contributed by atoms with van der Waals surface area (Å²) in [5.74, 6) is 1.38. The number of rotatable bonds is 5. The van der Waals surface area contributed by atoms with Crippen molar-refractivity contribution in [3.63, 3.8) is 0 Å². The molecule has 0 saturated heterocycles. The Hall–Kier alpha value is -2.00. The molecule has 0 aliphatic heterocycles.